The third-order valence-corrected chi connectivity index (χ3v) is 2.51. The molecule has 2 heterocycles. The number of aromatic amines is 1. The number of amides is 1. The molecule has 0 aliphatic carbocycles. The Morgan fingerprint density at radius 2 is 2.27 bits per heavy atom. The minimum Gasteiger partial charge on any atom is -0.340 e. The van der Waals surface area contributed by atoms with E-state index in [0.29, 0.717) is 12.8 Å². The maximum absolute atomic E-state index is 11.7. The van der Waals surface area contributed by atoms with Crippen molar-refractivity contribution in [1.29, 1.82) is 0 Å². The first kappa shape index (κ1) is 10.1. The molecule has 82 valence electrons. The first-order valence-electron chi connectivity index (χ1n) is 5.19. The van der Waals surface area contributed by atoms with Crippen molar-refractivity contribution in [1.82, 2.24) is 25.4 Å². The van der Waals surface area contributed by atoms with E-state index in [2.05, 4.69) is 20.5 Å². The molecule has 15 heavy (non-hydrogen) atoms. The predicted octanol–water partition coefficient (Wildman–Crippen LogP) is -0.831. The van der Waals surface area contributed by atoms with Crippen LogP contribution in [-0.4, -0.2) is 52.2 Å². The number of aryl methyl sites for hydroxylation is 1. The summed E-state index contributed by atoms with van der Waals surface area (Å²) in [5.41, 5.74) is 0. The monoisotopic (exact) mass is 209 g/mol. The zero-order valence-electron chi connectivity index (χ0n) is 8.57. The first-order valence-corrected chi connectivity index (χ1v) is 5.19. The molecule has 0 aromatic carbocycles. The second-order valence-electron chi connectivity index (χ2n) is 3.56. The van der Waals surface area contributed by atoms with Gasteiger partial charge in [0.25, 0.3) is 0 Å². The van der Waals surface area contributed by atoms with Gasteiger partial charge >= 0.3 is 0 Å². The molecular weight excluding hydrogens is 194 g/mol. The molecule has 2 N–H and O–H groups in total. The van der Waals surface area contributed by atoms with Crippen LogP contribution in [0.3, 0.4) is 0 Å². The highest BCUT2D eigenvalue weighted by Gasteiger charge is 2.15. The maximum atomic E-state index is 11.7. The number of carbonyl (C=O) groups excluding carboxylic acids is 1. The number of aromatic nitrogens is 3. The van der Waals surface area contributed by atoms with E-state index in [4.69, 9.17) is 0 Å². The van der Waals surface area contributed by atoms with Gasteiger partial charge in [0, 0.05) is 39.0 Å². The van der Waals surface area contributed by atoms with Gasteiger partial charge in [-0.1, -0.05) is 0 Å². The Morgan fingerprint density at radius 1 is 1.47 bits per heavy atom. The Labute approximate surface area is 88.1 Å². The van der Waals surface area contributed by atoms with Crippen molar-refractivity contribution in [3.63, 3.8) is 0 Å². The van der Waals surface area contributed by atoms with Gasteiger partial charge in [-0.15, -0.1) is 0 Å². The van der Waals surface area contributed by atoms with Crippen molar-refractivity contribution in [3.05, 3.63) is 12.2 Å². The lowest BCUT2D eigenvalue weighted by molar-refractivity contribution is -0.131. The summed E-state index contributed by atoms with van der Waals surface area (Å²) in [5.74, 6) is 0.978. The number of hydrogen-bond donors (Lipinski definition) is 2. The standard InChI is InChI=1S/C9H15N5O/c15-9(14-5-3-10-4-6-14)2-1-8-11-7-12-13-8/h7,10H,1-6H2,(H,11,12,13). The Bertz CT molecular complexity index is 304. The lowest BCUT2D eigenvalue weighted by Crippen LogP contribution is -2.46. The van der Waals surface area contributed by atoms with Crippen LogP contribution in [0.2, 0.25) is 0 Å². The summed E-state index contributed by atoms with van der Waals surface area (Å²) >= 11 is 0. The van der Waals surface area contributed by atoms with E-state index < -0.39 is 0 Å². The van der Waals surface area contributed by atoms with Crippen LogP contribution in [0.4, 0.5) is 0 Å². The van der Waals surface area contributed by atoms with Crippen LogP contribution in [-0.2, 0) is 11.2 Å². The molecule has 1 aromatic heterocycles. The molecule has 1 aliphatic heterocycles. The first-order chi connectivity index (χ1) is 7.36. The zero-order valence-corrected chi connectivity index (χ0v) is 8.57. The molecule has 6 nitrogen and oxygen atoms in total. The smallest absolute Gasteiger partial charge is 0.223 e. The third-order valence-electron chi connectivity index (χ3n) is 2.51. The minimum absolute atomic E-state index is 0.202. The second-order valence-corrected chi connectivity index (χ2v) is 3.56. The van der Waals surface area contributed by atoms with Crippen molar-refractivity contribution < 1.29 is 4.79 Å². The number of carbonyl (C=O) groups is 1. The van der Waals surface area contributed by atoms with Gasteiger partial charge in [0.15, 0.2) is 0 Å². The van der Waals surface area contributed by atoms with E-state index in [9.17, 15) is 4.79 Å². The minimum atomic E-state index is 0.202. The van der Waals surface area contributed by atoms with E-state index in [1.165, 1.54) is 6.33 Å². The fourth-order valence-electron chi connectivity index (χ4n) is 1.65. The van der Waals surface area contributed by atoms with E-state index in [0.717, 1.165) is 32.0 Å². The molecule has 6 heteroatoms. The van der Waals surface area contributed by atoms with Gasteiger partial charge in [-0.05, 0) is 0 Å². The molecule has 0 saturated carbocycles. The largest absolute Gasteiger partial charge is 0.340 e. The van der Waals surface area contributed by atoms with Crippen molar-refractivity contribution in [2.75, 3.05) is 26.2 Å². The quantitative estimate of drug-likeness (QED) is 0.681. The van der Waals surface area contributed by atoms with Crippen LogP contribution in [0.25, 0.3) is 0 Å². The molecule has 1 saturated heterocycles. The molecule has 2 rings (SSSR count). The molecule has 1 fully saturated rings. The van der Waals surface area contributed by atoms with Crippen LogP contribution in [0.15, 0.2) is 6.33 Å². The summed E-state index contributed by atoms with van der Waals surface area (Å²) < 4.78 is 0. The zero-order chi connectivity index (χ0) is 10.5. The molecule has 1 aromatic rings. The van der Waals surface area contributed by atoms with Crippen LogP contribution in [0.5, 0.6) is 0 Å². The molecule has 0 spiro atoms. The van der Waals surface area contributed by atoms with Crippen molar-refractivity contribution >= 4 is 5.91 Å². The normalized spacial score (nSPS) is 16.7. The number of nitrogens with one attached hydrogen (secondary N) is 2. The van der Waals surface area contributed by atoms with E-state index in [1.807, 2.05) is 4.90 Å². The number of H-pyrrole nitrogens is 1. The highest BCUT2D eigenvalue weighted by Crippen LogP contribution is 2.00. The summed E-state index contributed by atoms with van der Waals surface area (Å²) in [4.78, 5) is 17.6. The van der Waals surface area contributed by atoms with Gasteiger partial charge in [-0.3, -0.25) is 9.89 Å². The number of nitrogens with zero attached hydrogens (tertiary/aromatic N) is 3. The Morgan fingerprint density at radius 3 is 2.93 bits per heavy atom. The SMILES string of the molecule is O=C(CCc1ncn[nH]1)N1CCNCC1. The van der Waals surface area contributed by atoms with E-state index >= 15 is 0 Å². The summed E-state index contributed by atoms with van der Waals surface area (Å²) in [6, 6.07) is 0. The van der Waals surface area contributed by atoms with Crippen LogP contribution in [0, 0.1) is 0 Å². The summed E-state index contributed by atoms with van der Waals surface area (Å²) in [6.07, 6.45) is 2.61. The van der Waals surface area contributed by atoms with Gasteiger partial charge in [-0.25, -0.2) is 4.98 Å². The average Bonchev–Trinajstić information content (AvgIpc) is 2.80. The number of hydrogen-bond acceptors (Lipinski definition) is 4. The molecule has 1 aliphatic rings. The highest BCUT2D eigenvalue weighted by atomic mass is 16.2. The van der Waals surface area contributed by atoms with E-state index in [1.54, 1.807) is 0 Å². The van der Waals surface area contributed by atoms with E-state index in [-0.39, 0.29) is 5.91 Å². The molecule has 0 bridgehead atoms. The fourth-order valence-corrected chi connectivity index (χ4v) is 1.65. The van der Waals surface area contributed by atoms with Crippen molar-refractivity contribution in [2.24, 2.45) is 0 Å². The molecular formula is C9H15N5O. The topological polar surface area (TPSA) is 73.9 Å². The number of piperazine rings is 1. The van der Waals surface area contributed by atoms with Gasteiger partial charge in [0.2, 0.25) is 5.91 Å². The van der Waals surface area contributed by atoms with Gasteiger partial charge < -0.3 is 10.2 Å². The van der Waals surface area contributed by atoms with Crippen molar-refractivity contribution in [3.8, 4) is 0 Å². The fraction of sp³-hybridized carbons (Fsp3) is 0.667. The lowest BCUT2D eigenvalue weighted by atomic mass is 10.2. The highest BCUT2D eigenvalue weighted by molar-refractivity contribution is 5.76. The van der Waals surface area contributed by atoms with Crippen LogP contribution >= 0.6 is 0 Å². The molecule has 0 atom stereocenters. The third kappa shape index (κ3) is 2.76. The molecule has 1 amide bonds. The summed E-state index contributed by atoms with van der Waals surface area (Å²) in [7, 11) is 0. The van der Waals surface area contributed by atoms with Crippen molar-refractivity contribution in [2.45, 2.75) is 12.8 Å². The van der Waals surface area contributed by atoms with Gasteiger partial charge in [0.05, 0.1) is 0 Å². The Hall–Kier alpha value is -1.43. The maximum Gasteiger partial charge on any atom is 0.223 e. The summed E-state index contributed by atoms with van der Waals surface area (Å²) in [6.45, 7) is 3.42. The van der Waals surface area contributed by atoms with Crippen LogP contribution in [0.1, 0.15) is 12.2 Å². The van der Waals surface area contributed by atoms with Crippen LogP contribution < -0.4 is 5.32 Å². The summed E-state index contributed by atoms with van der Waals surface area (Å²) in [5, 5.41) is 9.71. The average molecular weight is 209 g/mol. The Kier molecular flexibility index (Phi) is 3.29. The predicted molar refractivity (Wildman–Crippen MR) is 54.2 cm³/mol. The Balaban J connectivity index is 1.76. The number of rotatable bonds is 3. The second kappa shape index (κ2) is 4.88. The lowest BCUT2D eigenvalue weighted by Gasteiger charge is -2.27. The molecule has 0 unspecified atom stereocenters. The van der Waals surface area contributed by atoms with Gasteiger partial charge in [0.1, 0.15) is 12.2 Å². The van der Waals surface area contributed by atoms with Gasteiger partial charge in [-0.2, -0.15) is 5.10 Å². The molecule has 0 radical (unpaired) electrons.